The zero-order valence-corrected chi connectivity index (χ0v) is 23.7. The van der Waals surface area contributed by atoms with E-state index in [2.05, 4.69) is 15.5 Å². The van der Waals surface area contributed by atoms with Crippen molar-refractivity contribution in [3.05, 3.63) is 78.4 Å². The zero-order chi connectivity index (χ0) is 28.4. The minimum atomic E-state index is -3.92. The number of amides is 1. The summed E-state index contributed by atoms with van der Waals surface area (Å²) in [4.78, 5) is 12.7. The van der Waals surface area contributed by atoms with Gasteiger partial charge in [-0.3, -0.25) is 9.36 Å². The van der Waals surface area contributed by atoms with Gasteiger partial charge in [0, 0.05) is 31.0 Å². The molecular weight excluding hydrogens is 561 g/mol. The van der Waals surface area contributed by atoms with E-state index in [1.807, 2.05) is 31.2 Å². The molecule has 4 rings (SSSR count). The number of aryl methyl sites for hydroxylation is 1. The fourth-order valence-corrected chi connectivity index (χ4v) is 5.89. The molecule has 0 radical (unpaired) electrons. The van der Waals surface area contributed by atoms with E-state index in [1.165, 1.54) is 44.4 Å². The van der Waals surface area contributed by atoms with Crippen LogP contribution in [0.25, 0.3) is 17.1 Å². The molecule has 11 nitrogen and oxygen atoms in total. The Morgan fingerprint density at radius 3 is 2.33 bits per heavy atom. The lowest BCUT2D eigenvalue weighted by atomic mass is 10.2. The van der Waals surface area contributed by atoms with E-state index in [0.717, 1.165) is 27.3 Å². The van der Waals surface area contributed by atoms with Gasteiger partial charge < -0.3 is 5.32 Å². The Morgan fingerprint density at radius 2 is 1.64 bits per heavy atom. The van der Waals surface area contributed by atoms with Gasteiger partial charge in [-0.15, -0.1) is 10.2 Å². The molecular formula is C25H26N6O5S3. The first kappa shape index (κ1) is 28.4. The lowest BCUT2D eigenvalue weighted by Crippen LogP contribution is -2.22. The molecule has 0 aliphatic heterocycles. The number of anilines is 1. The van der Waals surface area contributed by atoms with Gasteiger partial charge in [0.1, 0.15) is 0 Å². The van der Waals surface area contributed by atoms with Gasteiger partial charge in [0.25, 0.3) is 0 Å². The number of nitrogens with zero attached hydrogens (tertiary/aromatic N) is 4. The Morgan fingerprint density at radius 1 is 0.949 bits per heavy atom. The summed E-state index contributed by atoms with van der Waals surface area (Å²) < 4.78 is 51.6. The van der Waals surface area contributed by atoms with E-state index in [4.69, 9.17) is 5.14 Å². The summed E-state index contributed by atoms with van der Waals surface area (Å²) in [5.41, 5.74) is 2.54. The normalized spacial score (nSPS) is 12.0. The quantitative estimate of drug-likeness (QED) is 0.284. The van der Waals surface area contributed by atoms with Gasteiger partial charge in [0.2, 0.25) is 26.0 Å². The number of carbonyl (C=O) groups is 1. The average Bonchev–Trinajstić information content (AvgIpc) is 3.31. The molecule has 14 heteroatoms. The monoisotopic (exact) mass is 586 g/mol. The maximum Gasteiger partial charge on any atom is 0.242 e. The number of primary sulfonamides is 1. The molecule has 0 fully saturated rings. The predicted molar refractivity (Wildman–Crippen MR) is 150 cm³/mol. The average molecular weight is 587 g/mol. The fraction of sp³-hybridized carbons (Fsp3) is 0.160. The molecule has 3 N–H and O–H groups in total. The van der Waals surface area contributed by atoms with Crippen molar-refractivity contribution in [2.75, 3.05) is 25.2 Å². The van der Waals surface area contributed by atoms with Crippen molar-refractivity contribution in [1.82, 2.24) is 19.1 Å². The van der Waals surface area contributed by atoms with Crippen LogP contribution in [0.2, 0.25) is 0 Å². The van der Waals surface area contributed by atoms with E-state index < -0.39 is 26.0 Å². The highest BCUT2D eigenvalue weighted by Gasteiger charge is 2.21. The summed E-state index contributed by atoms with van der Waals surface area (Å²) in [6, 6.07) is 19.7. The van der Waals surface area contributed by atoms with Gasteiger partial charge in [0.05, 0.1) is 15.5 Å². The summed E-state index contributed by atoms with van der Waals surface area (Å²) in [5.74, 6) is -0.0512. The molecule has 1 aromatic heterocycles. The van der Waals surface area contributed by atoms with Crippen LogP contribution >= 0.6 is 11.8 Å². The molecule has 0 saturated heterocycles. The second-order valence-electron chi connectivity index (χ2n) is 8.71. The standard InChI is InChI=1S/C25H26N6O5S3/c1-17-7-4-10-20(13-17)31-24(18-8-5-12-22(14-18)39(35,36)30(2)3)28-29-25(31)37-16-23(32)27-19-9-6-11-21(15-19)38(26,33)34/h4-15H,16H2,1-3H3,(H,27,32)(H2,26,33,34). The summed E-state index contributed by atoms with van der Waals surface area (Å²) in [5, 5.41) is 16.9. The molecule has 1 amide bonds. The lowest BCUT2D eigenvalue weighted by molar-refractivity contribution is -0.113. The van der Waals surface area contributed by atoms with Crippen molar-refractivity contribution >= 4 is 43.4 Å². The molecule has 1 heterocycles. The highest BCUT2D eigenvalue weighted by molar-refractivity contribution is 7.99. The van der Waals surface area contributed by atoms with Crippen LogP contribution in [-0.4, -0.2) is 61.7 Å². The molecule has 0 aliphatic carbocycles. The summed E-state index contributed by atoms with van der Waals surface area (Å²) >= 11 is 1.12. The largest absolute Gasteiger partial charge is 0.325 e. The number of hydrogen-bond acceptors (Lipinski definition) is 8. The Kier molecular flexibility index (Phi) is 8.23. The number of benzene rings is 3. The number of nitrogens with one attached hydrogen (secondary N) is 1. The number of hydrogen-bond donors (Lipinski definition) is 2. The number of aromatic nitrogens is 3. The van der Waals surface area contributed by atoms with E-state index >= 15 is 0 Å². The fourth-order valence-electron chi connectivity index (χ4n) is 3.63. The molecule has 204 valence electrons. The van der Waals surface area contributed by atoms with Crippen molar-refractivity contribution in [2.45, 2.75) is 21.9 Å². The number of rotatable bonds is 9. The molecule has 3 aromatic carbocycles. The number of thioether (sulfide) groups is 1. The summed E-state index contributed by atoms with van der Waals surface area (Å²) in [6.45, 7) is 1.94. The van der Waals surface area contributed by atoms with E-state index in [0.29, 0.717) is 16.5 Å². The lowest BCUT2D eigenvalue weighted by Gasteiger charge is -2.14. The van der Waals surface area contributed by atoms with Crippen LogP contribution in [0.1, 0.15) is 5.56 Å². The topological polar surface area (TPSA) is 157 Å². The Hall–Kier alpha value is -3.56. The summed E-state index contributed by atoms with van der Waals surface area (Å²) in [6.07, 6.45) is 0. The molecule has 0 aliphatic rings. The highest BCUT2D eigenvalue weighted by Crippen LogP contribution is 2.30. The number of nitrogens with two attached hydrogens (primary N) is 1. The van der Waals surface area contributed by atoms with E-state index in [1.54, 1.807) is 22.8 Å². The molecule has 0 spiro atoms. The first-order chi connectivity index (χ1) is 18.4. The third-order valence-corrected chi connectivity index (χ3v) is 9.19. The minimum Gasteiger partial charge on any atom is -0.325 e. The van der Waals surface area contributed by atoms with Crippen molar-refractivity contribution < 1.29 is 21.6 Å². The third-order valence-electron chi connectivity index (χ3n) is 5.54. The van der Waals surface area contributed by atoms with E-state index in [9.17, 15) is 21.6 Å². The maximum absolute atomic E-state index is 12.7. The Labute approximate surface area is 231 Å². The maximum atomic E-state index is 12.7. The van der Waals surface area contributed by atoms with Crippen LogP contribution in [0.3, 0.4) is 0 Å². The highest BCUT2D eigenvalue weighted by atomic mass is 32.2. The molecule has 4 aromatic rings. The van der Waals surface area contributed by atoms with Crippen LogP contribution in [-0.2, 0) is 24.8 Å². The SMILES string of the molecule is Cc1cccc(-n2c(SCC(=O)Nc3cccc(S(N)(=O)=O)c3)nnc2-c2cccc(S(=O)(=O)N(C)C)c2)c1. The molecule has 0 saturated carbocycles. The van der Waals surface area contributed by atoms with Crippen molar-refractivity contribution in [3.63, 3.8) is 0 Å². The molecule has 0 bridgehead atoms. The van der Waals surface area contributed by atoms with Gasteiger partial charge in [-0.2, -0.15) is 0 Å². The van der Waals surface area contributed by atoms with Gasteiger partial charge in [0.15, 0.2) is 11.0 Å². The Balaban J connectivity index is 1.66. The van der Waals surface area contributed by atoms with Crippen LogP contribution in [0.5, 0.6) is 0 Å². The van der Waals surface area contributed by atoms with Crippen LogP contribution in [0, 0.1) is 6.92 Å². The molecule has 39 heavy (non-hydrogen) atoms. The van der Waals surface area contributed by atoms with Crippen LogP contribution in [0.15, 0.2) is 87.7 Å². The van der Waals surface area contributed by atoms with Gasteiger partial charge in [-0.05, 0) is 55.0 Å². The first-order valence-electron chi connectivity index (χ1n) is 11.5. The van der Waals surface area contributed by atoms with Crippen LogP contribution < -0.4 is 10.5 Å². The second kappa shape index (κ2) is 11.3. The Bertz CT molecular complexity index is 1750. The van der Waals surface area contributed by atoms with Gasteiger partial charge >= 0.3 is 0 Å². The third kappa shape index (κ3) is 6.54. The second-order valence-corrected chi connectivity index (χ2v) is 13.4. The zero-order valence-electron chi connectivity index (χ0n) is 21.3. The number of carbonyl (C=O) groups excluding carboxylic acids is 1. The van der Waals surface area contributed by atoms with E-state index in [-0.39, 0.29) is 21.2 Å². The summed E-state index contributed by atoms with van der Waals surface area (Å²) in [7, 11) is -4.67. The van der Waals surface area contributed by atoms with Crippen molar-refractivity contribution in [2.24, 2.45) is 5.14 Å². The van der Waals surface area contributed by atoms with Crippen LogP contribution in [0.4, 0.5) is 5.69 Å². The van der Waals surface area contributed by atoms with Crippen molar-refractivity contribution in [3.8, 4) is 17.1 Å². The van der Waals surface area contributed by atoms with Gasteiger partial charge in [-0.1, -0.05) is 42.1 Å². The minimum absolute atomic E-state index is 0.0569. The molecule has 0 unspecified atom stereocenters. The number of sulfonamides is 2. The molecule has 0 atom stereocenters. The van der Waals surface area contributed by atoms with Gasteiger partial charge in [-0.25, -0.2) is 26.3 Å². The smallest absolute Gasteiger partial charge is 0.242 e. The van der Waals surface area contributed by atoms with Crippen molar-refractivity contribution in [1.29, 1.82) is 0 Å². The predicted octanol–water partition coefficient (Wildman–Crippen LogP) is 2.87. The first-order valence-corrected chi connectivity index (χ1v) is 15.4.